The second-order valence-electron chi connectivity index (χ2n) is 5.78. The van der Waals surface area contributed by atoms with Gasteiger partial charge in [-0.15, -0.1) is 0 Å². The number of nitrogens with zero attached hydrogens (tertiary/aromatic N) is 1. The van der Waals surface area contributed by atoms with Crippen LogP contribution in [0.2, 0.25) is 0 Å². The number of rotatable bonds is 8. The number of hydrogen-bond acceptors (Lipinski definition) is 2. The lowest BCUT2D eigenvalue weighted by Gasteiger charge is -2.36. The maximum atomic E-state index is 3.57. The Hall–Kier alpha value is -0.860. The molecule has 2 atom stereocenters. The van der Waals surface area contributed by atoms with Gasteiger partial charge in [0, 0.05) is 18.6 Å². The Kier molecular flexibility index (Phi) is 7.11. The highest BCUT2D eigenvalue weighted by molar-refractivity contribution is 5.19. The van der Waals surface area contributed by atoms with E-state index in [2.05, 4.69) is 75.3 Å². The van der Waals surface area contributed by atoms with E-state index in [9.17, 15) is 0 Å². The Morgan fingerprint density at radius 3 is 2.26 bits per heavy atom. The summed E-state index contributed by atoms with van der Waals surface area (Å²) >= 11 is 0. The van der Waals surface area contributed by atoms with Crippen LogP contribution in [0, 0.1) is 5.92 Å². The number of nitrogens with one attached hydrogen (secondary N) is 1. The normalized spacial score (nSPS) is 14.9. The summed E-state index contributed by atoms with van der Waals surface area (Å²) in [4.78, 5) is 2.50. The molecule has 1 aromatic carbocycles. The molecule has 0 aliphatic heterocycles. The molecule has 0 radical (unpaired) electrons. The second-order valence-corrected chi connectivity index (χ2v) is 5.78. The fourth-order valence-corrected chi connectivity index (χ4v) is 2.34. The lowest BCUT2D eigenvalue weighted by Crippen LogP contribution is -2.41. The van der Waals surface area contributed by atoms with Crippen molar-refractivity contribution < 1.29 is 0 Å². The minimum Gasteiger partial charge on any atom is -0.315 e. The van der Waals surface area contributed by atoms with Gasteiger partial charge in [0.2, 0.25) is 0 Å². The van der Waals surface area contributed by atoms with E-state index < -0.39 is 0 Å². The fourth-order valence-electron chi connectivity index (χ4n) is 2.34. The summed E-state index contributed by atoms with van der Waals surface area (Å²) in [6.45, 7) is 11.2. The SMILES string of the molecule is CCCNCC(c1ccccc1)N(C)C(C)C(C)C. The quantitative estimate of drug-likeness (QED) is 0.719. The number of benzene rings is 1. The summed E-state index contributed by atoms with van der Waals surface area (Å²) in [5, 5.41) is 3.57. The molecule has 0 bridgehead atoms. The third kappa shape index (κ3) is 4.96. The maximum absolute atomic E-state index is 3.57. The van der Waals surface area contributed by atoms with Crippen LogP contribution >= 0.6 is 0 Å². The van der Waals surface area contributed by atoms with Crippen molar-refractivity contribution >= 4 is 0 Å². The molecule has 0 aromatic heterocycles. The maximum Gasteiger partial charge on any atom is 0.0472 e. The van der Waals surface area contributed by atoms with Crippen LogP contribution in [-0.4, -0.2) is 31.1 Å². The Morgan fingerprint density at radius 1 is 1.11 bits per heavy atom. The van der Waals surface area contributed by atoms with Crippen molar-refractivity contribution in [2.45, 2.75) is 46.2 Å². The van der Waals surface area contributed by atoms with Gasteiger partial charge in [-0.2, -0.15) is 0 Å². The Morgan fingerprint density at radius 2 is 1.74 bits per heavy atom. The van der Waals surface area contributed by atoms with Crippen molar-refractivity contribution in [2.75, 3.05) is 20.1 Å². The van der Waals surface area contributed by atoms with Crippen LogP contribution in [0.4, 0.5) is 0 Å². The summed E-state index contributed by atoms with van der Waals surface area (Å²) in [6, 6.07) is 11.9. The van der Waals surface area contributed by atoms with Crippen LogP contribution < -0.4 is 5.32 Å². The smallest absolute Gasteiger partial charge is 0.0472 e. The largest absolute Gasteiger partial charge is 0.315 e. The van der Waals surface area contributed by atoms with Gasteiger partial charge in [-0.25, -0.2) is 0 Å². The fraction of sp³-hybridized carbons (Fsp3) is 0.647. The molecule has 1 rings (SSSR count). The van der Waals surface area contributed by atoms with E-state index in [-0.39, 0.29) is 0 Å². The van der Waals surface area contributed by atoms with E-state index in [0.29, 0.717) is 18.0 Å². The molecule has 2 heteroatoms. The molecule has 1 N–H and O–H groups in total. The predicted octanol–water partition coefficient (Wildman–Crippen LogP) is 3.70. The van der Waals surface area contributed by atoms with Gasteiger partial charge >= 0.3 is 0 Å². The minimum absolute atomic E-state index is 0.449. The van der Waals surface area contributed by atoms with Gasteiger partial charge in [-0.05, 0) is 38.4 Å². The first-order valence-corrected chi connectivity index (χ1v) is 7.55. The highest BCUT2D eigenvalue weighted by atomic mass is 15.2. The van der Waals surface area contributed by atoms with Crippen LogP contribution in [0.5, 0.6) is 0 Å². The van der Waals surface area contributed by atoms with Gasteiger partial charge in [0.1, 0.15) is 0 Å². The second kappa shape index (κ2) is 8.34. The van der Waals surface area contributed by atoms with Crippen LogP contribution in [0.3, 0.4) is 0 Å². The molecule has 0 spiro atoms. The number of likely N-dealkylation sites (N-methyl/N-ethyl adjacent to an activating group) is 1. The van der Waals surface area contributed by atoms with Gasteiger partial charge in [0.05, 0.1) is 0 Å². The van der Waals surface area contributed by atoms with Crippen LogP contribution in [0.15, 0.2) is 30.3 Å². The van der Waals surface area contributed by atoms with Gasteiger partial charge in [-0.1, -0.05) is 51.1 Å². The average Bonchev–Trinajstić information content (AvgIpc) is 2.43. The van der Waals surface area contributed by atoms with Gasteiger partial charge < -0.3 is 5.32 Å². The van der Waals surface area contributed by atoms with E-state index in [0.717, 1.165) is 13.1 Å². The van der Waals surface area contributed by atoms with Crippen LogP contribution in [0.25, 0.3) is 0 Å². The van der Waals surface area contributed by atoms with E-state index in [1.54, 1.807) is 0 Å². The van der Waals surface area contributed by atoms with E-state index in [1.165, 1.54) is 12.0 Å². The molecule has 0 fully saturated rings. The highest BCUT2D eigenvalue weighted by Gasteiger charge is 2.22. The lowest BCUT2D eigenvalue weighted by molar-refractivity contribution is 0.145. The minimum atomic E-state index is 0.449. The van der Waals surface area contributed by atoms with Gasteiger partial charge in [-0.3, -0.25) is 4.90 Å². The molecule has 0 saturated heterocycles. The molecule has 108 valence electrons. The zero-order chi connectivity index (χ0) is 14.3. The lowest BCUT2D eigenvalue weighted by atomic mass is 9.99. The molecule has 19 heavy (non-hydrogen) atoms. The zero-order valence-corrected chi connectivity index (χ0v) is 13.2. The predicted molar refractivity (Wildman–Crippen MR) is 84.4 cm³/mol. The van der Waals surface area contributed by atoms with Gasteiger partial charge in [0.15, 0.2) is 0 Å². The first-order chi connectivity index (χ1) is 9.07. The van der Waals surface area contributed by atoms with E-state index in [1.807, 2.05) is 0 Å². The topological polar surface area (TPSA) is 15.3 Å². The molecule has 2 nitrogen and oxygen atoms in total. The molecular formula is C17H30N2. The molecule has 0 aliphatic rings. The highest BCUT2D eigenvalue weighted by Crippen LogP contribution is 2.23. The van der Waals surface area contributed by atoms with Gasteiger partial charge in [0.25, 0.3) is 0 Å². The monoisotopic (exact) mass is 262 g/mol. The summed E-state index contributed by atoms with van der Waals surface area (Å²) in [6.07, 6.45) is 1.19. The zero-order valence-electron chi connectivity index (χ0n) is 13.2. The van der Waals surface area contributed by atoms with E-state index in [4.69, 9.17) is 0 Å². The molecule has 0 aliphatic carbocycles. The Labute approximate surface area is 119 Å². The summed E-state index contributed by atoms with van der Waals surface area (Å²) in [7, 11) is 2.25. The van der Waals surface area contributed by atoms with Crippen LogP contribution in [-0.2, 0) is 0 Å². The molecule has 0 heterocycles. The van der Waals surface area contributed by atoms with Crippen molar-refractivity contribution in [3.8, 4) is 0 Å². The first-order valence-electron chi connectivity index (χ1n) is 7.55. The van der Waals surface area contributed by atoms with Crippen molar-refractivity contribution in [1.29, 1.82) is 0 Å². The molecule has 0 amide bonds. The molecule has 0 saturated carbocycles. The van der Waals surface area contributed by atoms with Crippen molar-refractivity contribution in [2.24, 2.45) is 5.92 Å². The van der Waals surface area contributed by atoms with E-state index >= 15 is 0 Å². The molecule has 1 aromatic rings. The molecular weight excluding hydrogens is 232 g/mol. The summed E-state index contributed by atoms with van der Waals surface area (Å²) in [5.74, 6) is 0.669. The Bertz CT molecular complexity index is 334. The first kappa shape index (κ1) is 16.2. The van der Waals surface area contributed by atoms with Crippen molar-refractivity contribution in [3.63, 3.8) is 0 Å². The standard InChI is InChI=1S/C17H30N2/c1-6-12-18-13-17(16-10-8-7-9-11-16)19(5)15(4)14(2)3/h7-11,14-15,17-18H,6,12-13H2,1-5H3. The third-order valence-corrected chi connectivity index (χ3v) is 4.05. The molecule has 2 unspecified atom stereocenters. The Balaban J connectivity index is 2.80. The van der Waals surface area contributed by atoms with Crippen molar-refractivity contribution in [3.05, 3.63) is 35.9 Å². The average molecular weight is 262 g/mol. The third-order valence-electron chi connectivity index (χ3n) is 4.05. The number of hydrogen-bond donors (Lipinski definition) is 1. The summed E-state index contributed by atoms with van der Waals surface area (Å²) < 4.78 is 0. The van der Waals surface area contributed by atoms with Crippen molar-refractivity contribution in [1.82, 2.24) is 10.2 Å². The van der Waals surface area contributed by atoms with Crippen LogP contribution in [0.1, 0.15) is 45.7 Å². The summed E-state index contributed by atoms with van der Waals surface area (Å²) in [5.41, 5.74) is 1.40.